The van der Waals surface area contributed by atoms with Crippen LogP contribution in [-0.4, -0.2) is 15.7 Å². The van der Waals surface area contributed by atoms with Crippen LogP contribution in [0.25, 0.3) is 0 Å². The number of hydrogen-bond donors (Lipinski definition) is 0. The molecule has 0 aliphatic carbocycles. The predicted octanol–water partition coefficient (Wildman–Crippen LogP) is 2.37. The van der Waals surface area contributed by atoms with Crippen molar-refractivity contribution < 1.29 is 1.37 Å². The molecule has 0 unspecified atom stereocenters. The lowest BCUT2D eigenvalue weighted by Gasteiger charge is -1.95. The van der Waals surface area contributed by atoms with Crippen molar-refractivity contribution >= 4 is 11.8 Å². The SMILES string of the molecule is [2H]c1cnc(SCCCC)nc1. The molecule has 1 aromatic heterocycles. The molecular weight excluding hydrogens is 156 g/mol. The van der Waals surface area contributed by atoms with Crippen molar-refractivity contribution in [1.29, 1.82) is 0 Å². The average Bonchev–Trinajstić information content (AvgIpc) is 2.09. The maximum absolute atomic E-state index is 7.17. The minimum absolute atomic E-state index is 0.370. The lowest BCUT2D eigenvalue weighted by molar-refractivity contribution is 0.888. The number of aromatic nitrogens is 2. The maximum atomic E-state index is 7.17. The van der Waals surface area contributed by atoms with Crippen LogP contribution in [0.2, 0.25) is 0 Å². The van der Waals surface area contributed by atoms with Crippen LogP contribution in [0.4, 0.5) is 0 Å². The van der Waals surface area contributed by atoms with Gasteiger partial charge in [0.05, 0.1) is 1.37 Å². The molecule has 11 heavy (non-hydrogen) atoms. The predicted molar refractivity (Wildman–Crippen MR) is 47.7 cm³/mol. The van der Waals surface area contributed by atoms with Crippen LogP contribution in [0.15, 0.2) is 23.6 Å². The highest BCUT2D eigenvalue weighted by Gasteiger charge is 1.92. The first-order chi connectivity index (χ1) is 5.83. The minimum Gasteiger partial charge on any atom is -0.231 e. The molecule has 0 aliphatic rings. The third-order valence-corrected chi connectivity index (χ3v) is 2.19. The largest absolute Gasteiger partial charge is 0.231 e. The molecule has 0 amide bonds. The Morgan fingerprint density at radius 1 is 1.55 bits per heavy atom. The summed E-state index contributed by atoms with van der Waals surface area (Å²) in [4.78, 5) is 8.03. The summed E-state index contributed by atoms with van der Waals surface area (Å²) in [5, 5.41) is 0.777. The fourth-order valence-corrected chi connectivity index (χ4v) is 1.50. The summed E-state index contributed by atoms with van der Waals surface area (Å²) in [6.45, 7) is 2.16. The van der Waals surface area contributed by atoms with E-state index in [0.717, 1.165) is 10.9 Å². The van der Waals surface area contributed by atoms with E-state index in [4.69, 9.17) is 1.37 Å². The van der Waals surface area contributed by atoms with Crippen LogP contribution in [0, 0.1) is 0 Å². The first-order valence-corrected chi connectivity index (χ1v) is 4.73. The molecule has 2 nitrogen and oxygen atoms in total. The van der Waals surface area contributed by atoms with E-state index in [-0.39, 0.29) is 0 Å². The molecule has 0 atom stereocenters. The van der Waals surface area contributed by atoms with Crippen molar-refractivity contribution in [1.82, 2.24) is 9.97 Å². The molecule has 3 heteroatoms. The molecule has 0 fully saturated rings. The van der Waals surface area contributed by atoms with Crippen molar-refractivity contribution in [2.75, 3.05) is 5.75 Å². The van der Waals surface area contributed by atoms with E-state index >= 15 is 0 Å². The Hall–Kier alpha value is -0.570. The Morgan fingerprint density at radius 2 is 2.27 bits per heavy atom. The fourth-order valence-electron chi connectivity index (χ4n) is 0.634. The van der Waals surface area contributed by atoms with E-state index in [1.165, 1.54) is 25.2 Å². The lowest BCUT2D eigenvalue weighted by atomic mass is 10.4. The first kappa shape index (κ1) is 7.10. The Kier molecular flexibility index (Phi) is 3.31. The van der Waals surface area contributed by atoms with Gasteiger partial charge in [-0.2, -0.15) is 0 Å². The van der Waals surface area contributed by atoms with Crippen LogP contribution < -0.4 is 0 Å². The average molecular weight is 169 g/mol. The van der Waals surface area contributed by atoms with Gasteiger partial charge >= 0.3 is 0 Å². The van der Waals surface area contributed by atoms with Crippen molar-refractivity contribution in [3.8, 4) is 0 Å². The third kappa shape index (κ3) is 3.37. The Bertz CT molecular complexity index is 225. The zero-order valence-electron chi connectivity index (χ0n) is 7.58. The zero-order valence-corrected chi connectivity index (χ0v) is 7.40. The van der Waals surface area contributed by atoms with Crippen LogP contribution >= 0.6 is 11.8 Å². The molecule has 0 radical (unpaired) electrons. The van der Waals surface area contributed by atoms with Gasteiger partial charge in [0.25, 0.3) is 0 Å². The second kappa shape index (κ2) is 5.13. The summed E-state index contributed by atoms with van der Waals surface area (Å²) in [5.74, 6) is 1.06. The number of unbranched alkanes of at least 4 members (excludes halogenated alkanes) is 1. The highest BCUT2D eigenvalue weighted by atomic mass is 32.2. The van der Waals surface area contributed by atoms with Crippen LogP contribution in [-0.2, 0) is 0 Å². The number of rotatable bonds is 4. The van der Waals surface area contributed by atoms with Crippen molar-refractivity contribution in [3.63, 3.8) is 0 Å². The second-order valence-corrected chi connectivity index (χ2v) is 3.23. The summed E-state index contributed by atoms with van der Waals surface area (Å²) >= 11 is 1.65. The van der Waals surface area contributed by atoms with Gasteiger partial charge in [-0.05, 0) is 12.5 Å². The first-order valence-electron chi connectivity index (χ1n) is 4.24. The van der Waals surface area contributed by atoms with Gasteiger partial charge in [0.15, 0.2) is 5.16 Å². The summed E-state index contributed by atoms with van der Waals surface area (Å²) < 4.78 is 7.17. The van der Waals surface area contributed by atoms with Gasteiger partial charge in [-0.3, -0.25) is 0 Å². The molecule has 0 aromatic carbocycles. The molecule has 0 spiro atoms. The van der Waals surface area contributed by atoms with E-state index in [2.05, 4.69) is 16.9 Å². The van der Waals surface area contributed by atoms with Gasteiger partial charge < -0.3 is 0 Å². The topological polar surface area (TPSA) is 25.8 Å². The summed E-state index contributed by atoms with van der Waals surface area (Å²) in [6, 6.07) is 0.370. The van der Waals surface area contributed by atoms with Gasteiger partial charge in [-0.15, -0.1) is 0 Å². The van der Waals surface area contributed by atoms with Crippen molar-refractivity contribution in [2.24, 2.45) is 0 Å². The Balaban J connectivity index is 2.37. The third-order valence-electron chi connectivity index (χ3n) is 1.23. The smallest absolute Gasteiger partial charge is 0.187 e. The Morgan fingerprint density at radius 3 is 2.91 bits per heavy atom. The lowest BCUT2D eigenvalue weighted by Crippen LogP contribution is -1.84. The number of thioether (sulfide) groups is 1. The molecule has 0 saturated heterocycles. The number of hydrogen-bond acceptors (Lipinski definition) is 3. The summed E-state index contributed by atoms with van der Waals surface area (Å²) in [5.41, 5.74) is 0. The highest BCUT2D eigenvalue weighted by Crippen LogP contribution is 2.12. The standard InChI is InChI=1S/C8H12N2S/c1-2-3-7-11-8-9-5-4-6-10-8/h4-6H,2-3,7H2,1H3/i4D. The number of nitrogens with zero attached hydrogens (tertiary/aromatic N) is 2. The van der Waals surface area contributed by atoms with Gasteiger partial charge in [0, 0.05) is 18.1 Å². The van der Waals surface area contributed by atoms with E-state index < -0.39 is 0 Å². The van der Waals surface area contributed by atoms with Crippen LogP contribution in [0.1, 0.15) is 21.1 Å². The van der Waals surface area contributed by atoms with E-state index in [0.29, 0.717) is 6.04 Å². The van der Waals surface area contributed by atoms with E-state index in [1.807, 2.05) is 0 Å². The van der Waals surface area contributed by atoms with Crippen molar-refractivity contribution in [3.05, 3.63) is 18.4 Å². The second-order valence-electron chi connectivity index (χ2n) is 2.17. The maximum Gasteiger partial charge on any atom is 0.187 e. The quantitative estimate of drug-likeness (QED) is 0.393. The normalized spacial score (nSPS) is 11.2. The van der Waals surface area contributed by atoms with Gasteiger partial charge in [-0.25, -0.2) is 9.97 Å². The summed E-state index contributed by atoms with van der Waals surface area (Å²) in [7, 11) is 0. The molecule has 0 bridgehead atoms. The van der Waals surface area contributed by atoms with Crippen LogP contribution in [0.5, 0.6) is 0 Å². The van der Waals surface area contributed by atoms with Gasteiger partial charge in [0.1, 0.15) is 0 Å². The Labute approximate surface area is 72.9 Å². The molecule has 1 aromatic rings. The van der Waals surface area contributed by atoms with Gasteiger partial charge in [-0.1, -0.05) is 25.1 Å². The molecule has 60 valence electrons. The fraction of sp³-hybridized carbons (Fsp3) is 0.500. The van der Waals surface area contributed by atoms with E-state index in [9.17, 15) is 0 Å². The minimum atomic E-state index is 0.370. The monoisotopic (exact) mass is 169 g/mol. The zero-order chi connectivity index (χ0) is 8.81. The van der Waals surface area contributed by atoms with Crippen LogP contribution in [0.3, 0.4) is 0 Å². The molecular formula is C8H12N2S. The van der Waals surface area contributed by atoms with E-state index in [1.54, 1.807) is 11.8 Å². The van der Waals surface area contributed by atoms with Crippen molar-refractivity contribution in [2.45, 2.75) is 24.9 Å². The summed E-state index contributed by atoms with van der Waals surface area (Å²) in [6.07, 6.45) is 5.45. The highest BCUT2D eigenvalue weighted by molar-refractivity contribution is 7.99. The molecule has 1 rings (SSSR count). The molecule has 0 aliphatic heterocycles. The molecule has 0 saturated carbocycles. The molecule has 0 N–H and O–H groups in total. The molecule has 1 heterocycles. The van der Waals surface area contributed by atoms with Gasteiger partial charge in [0.2, 0.25) is 0 Å².